The number of unbranched alkanes of at least 4 members (excludes halogenated alkanes) is 1. The molecule has 0 fully saturated rings. The molecule has 2 aromatic rings. The maximum Gasteiger partial charge on any atom is 0.127 e. The first-order chi connectivity index (χ1) is 11.6. The van der Waals surface area contributed by atoms with Gasteiger partial charge in [-0.2, -0.15) is 0 Å². The lowest BCUT2D eigenvalue weighted by Crippen LogP contribution is -2.00. The zero-order chi connectivity index (χ0) is 17.5. The molecule has 0 aliphatic carbocycles. The Labute approximate surface area is 154 Å². The van der Waals surface area contributed by atoms with Gasteiger partial charge in [0.05, 0.1) is 6.61 Å². The molecule has 1 nitrogen and oxygen atoms in total. The monoisotopic (exact) mass is 362 g/mol. The second kappa shape index (κ2) is 9.19. The van der Waals surface area contributed by atoms with E-state index >= 15 is 0 Å². The standard InChI is InChI=1S/C20H23FOS2/c1-3-5-12-22-18-11-6-14(4-2)13-17(18)20(24)19(23)15-7-9-16(21)10-8-15/h6-11,13,23-24H,3-5,12H2,1-2H3. The largest absolute Gasteiger partial charge is 0.493 e. The summed E-state index contributed by atoms with van der Waals surface area (Å²) in [6.45, 7) is 4.92. The highest BCUT2D eigenvalue weighted by Gasteiger charge is 2.12. The van der Waals surface area contributed by atoms with E-state index in [0.29, 0.717) is 11.5 Å². The Hall–Kier alpha value is -1.39. The Balaban J connectivity index is 2.42. The van der Waals surface area contributed by atoms with Crippen LogP contribution in [0.4, 0.5) is 4.39 Å². The summed E-state index contributed by atoms with van der Waals surface area (Å²) >= 11 is 9.29. The lowest BCUT2D eigenvalue weighted by atomic mass is 10.1. The molecule has 0 saturated heterocycles. The molecule has 0 heterocycles. The van der Waals surface area contributed by atoms with Gasteiger partial charge in [0.25, 0.3) is 0 Å². The van der Waals surface area contributed by atoms with Crippen LogP contribution in [-0.2, 0) is 6.42 Å². The number of rotatable bonds is 7. The van der Waals surface area contributed by atoms with Gasteiger partial charge in [0.15, 0.2) is 0 Å². The molecular formula is C20H23FOS2. The molecule has 4 heteroatoms. The first kappa shape index (κ1) is 18.9. The zero-order valence-corrected chi connectivity index (χ0v) is 15.8. The molecule has 24 heavy (non-hydrogen) atoms. The van der Waals surface area contributed by atoms with Crippen LogP contribution >= 0.6 is 25.3 Å². The van der Waals surface area contributed by atoms with Crippen molar-refractivity contribution in [2.45, 2.75) is 33.1 Å². The van der Waals surface area contributed by atoms with Crippen LogP contribution in [0, 0.1) is 5.82 Å². The van der Waals surface area contributed by atoms with Crippen molar-refractivity contribution in [1.82, 2.24) is 0 Å². The van der Waals surface area contributed by atoms with Gasteiger partial charge < -0.3 is 4.74 Å². The van der Waals surface area contributed by atoms with Gasteiger partial charge in [-0.05, 0) is 48.2 Å². The van der Waals surface area contributed by atoms with Crippen molar-refractivity contribution in [3.8, 4) is 5.75 Å². The molecule has 0 bridgehead atoms. The third-order valence-electron chi connectivity index (χ3n) is 3.80. The van der Waals surface area contributed by atoms with Gasteiger partial charge in [-0.15, -0.1) is 25.3 Å². The molecular weight excluding hydrogens is 339 g/mol. The molecule has 0 unspecified atom stereocenters. The third-order valence-corrected chi connectivity index (χ3v) is 4.93. The van der Waals surface area contributed by atoms with Crippen molar-refractivity contribution in [2.24, 2.45) is 0 Å². The summed E-state index contributed by atoms with van der Waals surface area (Å²) in [5, 5.41) is 0. The molecule has 0 aliphatic rings. The minimum atomic E-state index is -0.267. The first-order valence-corrected chi connectivity index (χ1v) is 9.10. The van der Waals surface area contributed by atoms with Crippen LogP contribution in [0.15, 0.2) is 42.5 Å². The average molecular weight is 363 g/mol. The van der Waals surface area contributed by atoms with E-state index in [0.717, 1.165) is 41.0 Å². The van der Waals surface area contributed by atoms with E-state index in [1.54, 1.807) is 12.1 Å². The molecule has 0 spiro atoms. The van der Waals surface area contributed by atoms with Gasteiger partial charge in [0.2, 0.25) is 0 Å². The summed E-state index contributed by atoms with van der Waals surface area (Å²) in [5.74, 6) is 0.538. The summed E-state index contributed by atoms with van der Waals surface area (Å²) in [5.41, 5.74) is 2.95. The lowest BCUT2D eigenvalue weighted by molar-refractivity contribution is 0.308. The van der Waals surface area contributed by atoms with Gasteiger partial charge in [0.1, 0.15) is 11.6 Å². The molecule has 2 aromatic carbocycles. The molecule has 0 radical (unpaired) electrons. The smallest absolute Gasteiger partial charge is 0.127 e. The summed E-state index contributed by atoms with van der Waals surface area (Å²) < 4.78 is 19.1. The van der Waals surface area contributed by atoms with Crippen molar-refractivity contribution >= 4 is 35.1 Å². The lowest BCUT2D eigenvalue weighted by Gasteiger charge is -2.15. The fraction of sp³-hybridized carbons (Fsp3) is 0.300. The van der Waals surface area contributed by atoms with E-state index in [1.165, 1.54) is 17.7 Å². The summed E-state index contributed by atoms with van der Waals surface area (Å²) in [7, 11) is 0. The second-order valence-corrected chi connectivity index (χ2v) is 6.48. The average Bonchev–Trinajstić information content (AvgIpc) is 2.61. The maximum absolute atomic E-state index is 13.1. The first-order valence-electron chi connectivity index (χ1n) is 8.21. The number of thiol groups is 2. The number of halogens is 1. The fourth-order valence-electron chi connectivity index (χ4n) is 2.31. The van der Waals surface area contributed by atoms with E-state index in [4.69, 9.17) is 4.74 Å². The van der Waals surface area contributed by atoms with Crippen LogP contribution in [0.25, 0.3) is 9.81 Å². The van der Waals surface area contributed by atoms with Gasteiger partial charge in [-0.25, -0.2) is 4.39 Å². The van der Waals surface area contributed by atoms with Crippen LogP contribution in [-0.4, -0.2) is 6.61 Å². The van der Waals surface area contributed by atoms with Crippen LogP contribution < -0.4 is 4.74 Å². The topological polar surface area (TPSA) is 9.23 Å². The molecule has 2 rings (SSSR count). The molecule has 0 aliphatic heterocycles. The van der Waals surface area contributed by atoms with Crippen LogP contribution in [0.5, 0.6) is 5.75 Å². The molecule has 0 amide bonds. The Kier molecular flexibility index (Phi) is 7.25. The SMILES string of the molecule is CCCCOc1ccc(CC)cc1C(S)=C(S)c1ccc(F)cc1. The number of hydrogen-bond donors (Lipinski definition) is 2. The summed E-state index contributed by atoms with van der Waals surface area (Å²) in [4.78, 5) is 1.43. The minimum Gasteiger partial charge on any atom is -0.493 e. The van der Waals surface area contributed by atoms with Gasteiger partial charge >= 0.3 is 0 Å². The van der Waals surface area contributed by atoms with Crippen molar-refractivity contribution in [3.63, 3.8) is 0 Å². The van der Waals surface area contributed by atoms with E-state index in [2.05, 4.69) is 51.2 Å². The molecule has 0 atom stereocenters. The van der Waals surface area contributed by atoms with E-state index in [-0.39, 0.29) is 5.82 Å². The van der Waals surface area contributed by atoms with Gasteiger partial charge in [-0.1, -0.05) is 38.5 Å². The highest BCUT2D eigenvalue weighted by atomic mass is 32.1. The number of aryl methyl sites for hydroxylation is 1. The van der Waals surface area contributed by atoms with Crippen LogP contribution in [0.1, 0.15) is 43.4 Å². The minimum absolute atomic E-state index is 0.267. The van der Waals surface area contributed by atoms with E-state index in [1.807, 2.05) is 6.07 Å². The predicted molar refractivity (Wildman–Crippen MR) is 107 cm³/mol. The maximum atomic E-state index is 13.1. The fourth-order valence-corrected chi connectivity index (χ4v) is 2.88. The molecule has 0 aromatic heterocycles. The van der Waals surface area contributed by atoms with Crippen LogP contribution in [0.3, 0.4) is 0 Å². The normalized spacial score (nSPS) is 12.0. The van der Waals surface area contributed by atoms with E-state index in [9.17, 15) is 4.39 Å². The number of benzene rings is 2. The molecule has 0 N–H and O–H groups in total. The Morgan fingerprint density at radius 2 is 1.71 bits per heavy atom. The highest BCUT2D eigenvalue weighted by Crippen LogP contribution is 2.37. The van der Waals surface area contributed by atoms with Crippen molar-refractivity contribution in [3.05, 3.63) is 65.0 Å². The predicted octanol–water partition coefficient (Wildman–Crippen LogP) is 6.25. The van der Waals surface area contributed by atoms with Gasteiger partial charge in [0, 0.05) is 15.4 Å². The van der Waals surface area contributed by atoms with Crippen molar-refractivity contribution in [2.75, 3.05) is 6.61 Å². The Morgan fingerprint density at radius 1 is 1.00 bits per heavy atom. The summed E-state index contributed by atoms with van der Waals surface area (Å²) in [6.07, 6.45) is 3.02. The van der Waals surface area contributed by atoms with E-state index < -0.39 is 0 Å². The third kappa shape index (κ3) is 4.81. The number of ether oxygens (including phenoxy) is 1. The Morgan fingerprint density at radius 3 is 2.33 bits per heavy atom. The summed E-state index contributed by atoms with van der Waals surface area (Å²) in [6, 6.07) is 12.4. The zero-order valence-electron chi connectivity index (χ0n) is 14.1. The second-order valence-electron chi connectivity index (χ2n) is 5.59. The Bertz CT molecular complexity index is 708. The highest BCUT2D eigenvalue weighted by molar-refractivity contribution is 7.96. The van der Waals surface area contributed by atoms with Crippen LogP contribution in [0.2, 0.25) is 0 Å². The number of hydrogen-bond acceptors (Lipinski definition) is 3. The molecule has 0 saturated carbocycles. The van der Waals surface area contributed by atoms with Gasteiger partial charge in [-0.3, -0.25) is 0 Å². The molecule has 128 valence electrons. The van der Waals surface area contributed by atoms with Crippen molar-refractivity contribution in [1.29, 1.82) is 0 Å². The quantitative estimate of drug-likeness (QED) is 0.336. The van der Waals surface area contributed by atoms with Crippen molar-refractivity contribution < 1.29 is 9.13 Å².